The van der Waals surface area contributed by atoms with Gasteiger partial charge in [0.05, 0.1) is 5.56 Å². The molecule has 6 nitrogen and oxygen atoms in total. The van der Waals surface area contributed by atoms with Crippen molar-refractivity contribution in [2.45, 2.75) is 25.4 Å². The Morgan fingerprint density at radius 2 is 1.79 bits per heavy atom. The number of amides is 1. The highest BCUT2D eigenvalue weighted by Crippen LogP contribution is 2.22. The molecule has 1 aromatic heterocycles. The Morgan fingerprint density at radius 1 is 1.11 bits per heavy atom. The summed E-state index contributed by atoms with van der Waals surface area (Å²) in [5.41, 5.74) is 1.94. The van der Waals surface area contributed by atoms with Gasteiger partial charge in [0, 0.05) is 52.0 Å². The van der Waals surface area contributed by atoms with E-state index in [1.54, 1.807) is 11.1 Å². The van der Waals surface area contributed by atoms with Crippen molar-refractivity contribution in [1.29, 1.82) is 0 Å². The van der Waals surface area contributed by atoms with Crippen LogP contribution in [0.15, 0.2) is 41.6 Å². The van der Waals surface area contributed by atoms with Crippen LogP contribution in [-0.2, 0) is 6.54 Å². The molecule has 0 aliphatic carbocycles. The third kappa shape index (κ3) is 4.83. The molecule has 0 bridgehead atoms. The molecule has 0 saturated carbocycles. The van der Waals surface area contributed by atoms with Gasteiger partial charge in [-0.2, -0.15) is 0 Å². The molecule has 0 radical (unpaired) electrons. The molecule has 1 aliphatic rings. The molecule has 28 heavy (non-hydrogen) atoms. The average molecular weight is 400 g/mol. The van der Waals surface area contributed by atoms with Crippen LogP contribution in [0.25, 0.3) is 0 Å². The lowest BCUT2D eigenvalue weighted by Gasteiger charge is -2.35. The van der Waals surface area contributed by atoms with Crippen molar-refractivity contribution in [2.24, 2.45) is 0 Å². The van der Waals surface area contributed by atoms with Gasteiger partial charge in [0.1, 0.15) is 5.03 Å². The predicted octanol–water partition coefficient (Wildman–Crippen LogP) is 3.00. The van der Waals surface area contributed by atoms with Gasteiger partial charge in [-0.25, -0.2) is 9.97 Å². The summed E-state index contributed by atoms with van der Waals surface area (Å²) in [4.78, 5) is 28.4. The summed E-state index contributed by atoms with van der Waals surface area (Å²) in [5.74, 6) is 0.730. The maximum absolute atomic E-state index is 12.7. The number of anilines is 1. The fourth-order valence-corrected chi connectivity index (χ4v) is 3.97. The lowest BCUT2D eigenvalue weighted by molar-refractivity contribution is 0.0768. The smallest absolute Gasteiger partial charge is 0.258 e. The number of hydrogen-bond acceptors (Lipinski definition) is 6. The van der Waals surface area contributed by atoms with Crippen LogP contribution in [0.4, 0.5) is 5.95 Å². The van der Waals surface area contributed by atoms with Gasteiger partial charge in [-0.1, -0.05) is 30.3 Å². The first-order valence-corrected chi connectivity index (χ1v) is 11.1. The predicted molar refractivity (Wildman–Crippen MR) is 115 cm³/mol. The van der Waals surface area contributed by atoms with Crippen molar-refractivity contribution in [3.63, 3.8) is 0 Å². The lowest BCUT2D eigenvalue weighted by atomic mass is 10.2. The summed E-state index contributed by atoms with van der Waals surface area (Å²) in [6.07, 6.45) is 3.66. The highest BCUT2D eigenvalue weighted by Gasteiger charge is 2.23. The zero-order valence-electron chi connectivity index (χ0n) is 17.0. The largest absolute Gasteiger partial charge is 0.339 e. The van der Waals surface area contributed by atoms with Crippen LogP contribution >= 0.6 is 11.8 Å². The Hall–Kier alpha value is -2.12. The molecule has 2 heterocycles. The molecule has 1 saturated heterocycles. The first-order chi connectivity index (χ1) is 13.7. The van der Waals surface area contributed by atoms with E-state index in [1.165, 1.54) is 17.3 Å². The molecular weight excluding hydrogens is 370 g/mol. The minimum atomic E-state index is 0.00794. The second-order valence-electron chi connectivity index (χ2n) is 6.82. The van der Waals surface area contributed by atoms with E-state index in [0.29, 0.717) is 18.7 Å². The molecule has 0 N–H and O–H groups in total. The minimum absolute atomic E-state index is 0.00794. The van der Waals surface area contributed by atoms with Gasteiger partial charge >= 0.3 is 0 Å². The number of aromatic nitrogens is 2. The van der Waals surface area contributed by atoms with Gasteiger partial charge in [-0.15, -0.1) is 11.8 Å². The van der Waals surface area contributed by atoms with E-state index in [-0.39, 0.29) is 5.91 Å². The Bertz CT molecular complexity index is 774. The molecule has 1 amide bonds. The standard InChI is InChI=1S/C21H29N5OS/c1-4-25(5-2)20(27)18-15-22-21(23-19(18)28-3)26-13-11-24(12-14-26)16-17-9-7-6-8-10-17/h6-10,15H,4-5,11-14,16H2,1-3H3. The number of hydrogen-bond donors (Lipinski definition) is 0. The number of rotatable bonds is 7. The maximum Gasteiger partial charge on any atom is 0.258 e. The third-order valence-electron chi connectivity index (χ3n) is 5.12. The van der Waals surface area contributed by atoms with Crippen molar-refractivity contribution in [3.05, 3.63) is 47.7 Å². The van der Waals surface area contributed by atoms with E-state index < -0.39 is 0 Å². The molecule has 1 fully saturated rings. The Labute approximate surface area is 172 Å². The van der Waals surface area contributed by atoms with Crippen molar-refractivity contribution >= 4 is 23.6 Å². The molecule has 2 aromatic rings. The number of nitrogens with zero attached hydrogens (tertiary/aromatic N) is 5. The highest BCUT2D eigenvalue weighted by molar-refractivity contribution is 7.98. The summed E-state index contributed by atoms with van der Waals surface area (Å²) in [5, 5.41) is 0.758. The van der Waals surface area contributed by atoms with Gasteiger partial charge in [0.2, 0.25) is 5.95 Å². The number of thioether (sulfide) groups is 1. The van der Waals surface area contributed by atoms with E-state index in [2.05, 4.69) is 45.1 Å². The normalized spacial score (nSPS) is 14.9. The first kappa shape index (κ1) is 20.6. The van der Waals surface area contributed by atoms with Crippen LogP contribution in [0.2, 0.25) is 0 Å². The van der Waals surface area contributed by atoms with Crippen LogP contribution in [0.5, 0.6) is 0 Å². The van der Waals surface area contributed by atoms with Gasteiger partial charge in [0.15, 0.2) is 0 Å². The molecular formula is C21H29N5OS. The molecule has 0 atom stereocenters. The maximum atomic E-state index is 12.7. The average Bonchev–Trinajstić information content (AvgIpc) is 2.75. The second kappa shape index (κ2) is 9.89. The zero-order chi connectivity index (χ0) is 19.9. The van der Waals surface area contributed by atoms with E-state index in [9.17, 15) is 4.79 Å². The third-order valence-corrected chi connectivity index (χ3v) is 5.82. The fraction of sp³-hybridized carbons (Fsp3) is 0.476. The SMILES string of the molecule is CCN(CC)C(=O)c1cnc(N2CCN(Cc3ccccc3)CC2)nc1SC. The van der Waals surface area contributed by atoms with Crippen LogP contribution in [0, 0.1) is 0 Å². The van der Waals surface area contributed by atoms with Crippen molar-refractivity contribution in [3.8, 4) is 0 Å². The summed E-state index contributed by atoms with van der Waals surface area (Å²) in [7, 11) is 0. The monoisotopic (exact) mass is 399 g/mol. The first-order valence-electron chi connectivity index (χ1n) is 9.87. The Kier molecular flexibility index (Phi) is 7.28. The number of carbonyl (C=O) groups is 1. The second-order valence-corrected chi connectivity index (χ2v) is 7.61. The van der Waals surface area contributed by atoms with Crippen molar-refractivity contribution in [1.82, 2.24) is 19.8 Å². The summed E-state index contributed by atoms with van der Waals surface area (Å²) < 4.78 is 0. The zero-order valence-corrected chi connectivity index (χ0v) is 17.8. The summed E-state index contributed by atoms with van der Waals surface area (Å²) >= 11 is 1.51. The van der Waals surface area contributed by atoms with Crippen LogP contribution in [-0.4, -0.2) is 71.2 Å². The van der Waals surface area contributed by atoms with Crippen LogP contribution in [0.1, 0.15) is 29.8 Å². The quantitative estimate of drug-likeness (QED) is 0.527. The number of carbonyl (C=O) groups excluding carboxylic acids is 1. The molecule has 150 valence electrons. The molecule has 1 aromatic carbocycles. The highest BCUT2D eigenvalue weighted by atomic mass is 32.2. The number of benzene rings is 1. The fourth-order valence-electron chi connectivity index (χ4n) is 3.44. The van der Waals surface area contributed by atoms with Crippen LogP contribution in [0.3, 0.4) is 0 Å². The van der Waals surface area contributed by atoms with Gasteiger partial charge < -0.3 is 9.80 Å². The van der Waals surface area contributed by atoms with E-state index in [0.717, 1.165) is 43.7 Å². The minimum Gasteiger partial charge on any atom is -0.339 e. The van der Waals surface area contributed by atoms with E-state index in [4.69, 9.17) is 4.98 Å². The molecule has 1 aliphatic heterocycles. The molecule has 3 rings (SSSR count). The lowest BCUT2D eigenvalue weighted by Crippen LogP contribution is -2.46. The van der Waals surface area contributed by atoms with Crippen molar-refractivity contribution in [2.75, 3.05) is 50.4 Å². The van der Waals surface area contributed by atoms with Crippen LogP contribution < -0.4 is 4.90 Å². The molecule has 7 heteroatoms. The van der Waals surface area contributed by atoms with E-state index in [1.807, 2.05) is 20.1 Å². The Balaban J connectivity index is 1.65. The van der Waals surface area contributed by atoms with Gasteiger partial charge in [-0.05, 0) is 25.7 Å². The summed E-state index contributed by atoms with van der Waals surface area (Å²) in [6.45, 7) is 10.1. The van der Waals surface area contributed by atoms with Crippen molar-refractivity contribution < 1.29 is 4.79 Å². The van der Waals surface area contributed by atoms with Gasteiger partial charge in [0.25, 0.3) is 5.91 Å². The topological polar surface area (TPSA) is 52.6 Å². The van der Waals surface area contributed by atoms with E-state index >= 15 is 0 Å². The number of piperazine rings is 1. The summed E-state index contributed by atoms with van der Waals surface area (Å²) in [6, 6.07) is 10.6. The molecule has 0 unspecified atom stereocenters. The Morgan fingerprint density at radius 3 is 2.39 bits per heavy atom. The van der Waals surface area contributed by atoms with Gasteiger partial charge in [-0.3, -0.25) is 9.69 Å². The molecule has 0 spiro atoms.